The minimum Gasteiger partial charge on any atom is -0.464 e. The first-order chi connectivity index (χ1) is 14.7. The third-order valence-electron chi connectivity index (χ3n) is 4.54. The molecule has 7 nitrogen and oxygen atoms in total. The van der Waals surface area contributed by atoms with E-state index in [1.54, 1.807) is 25.1 Å². The van der Waals surface area contributed by atoms with Gasteiger partial charge in [0.05, 0.1) is 11.5 Å². The highest BCUT2D eigenvalue weighted by Gasteiger charge is 2.30. The van der Waals surface area contributed by atoms with Crippen molar-refractivity contribution in [3.05, 3.63) is 66.2 Å². The molecule has 2 atom stereocenters. The molecule has 0 heterocycles. The third-order valence-corrected chi connectivity index (χ3v) is 6.03. The van der Waals surface area contributed by atoms with E-state index in [4.69, 9.17) is 4.74 Å². The minimum atomic E-state index is -3.90. The monoisotopic (exact) mass is 446 g/mol. The zero-order chi connectivity index (χ0) is 22.9. The second kappa shape index (κ2) is 11.6. The highest BCUT2D eigenvalue weighted by molar-refractivity contribution is 7.89. The second-order valence-electron chi connectivity index (χ2n) is 7.62. The summed E-state index contributed by atoms with van der Waals surface area (Å²) in [5.74, 6) is -1.08. The molecular formula is C23H30N2O5S. The van der Waals surface area contributed by atoms with Crippen LogP contribution in [-0.4, -0.2) is 39.0 Å². The van der Waals surface area contributed by atoms with Crippen molar-refractivity contribution in [3.63, 3.8) is 0 Å². The molecule has 0 aromatic heterocycles. The Morgan fingerprint density at radius 3 is 2.06 bits per heavy atom. The van der Waals surface area contributed by atoms with Crippen molar-refractivity contribution in [1.82, 2.24) is 10.0 Å². The Morgan fingerprint density at radius 2 is 1.52 bits per heavy atom. The SMILES string of the molecule is CCOC(=O)[C@H](Cc1ccccc1)NC(=O)[C@H](CC(C)C)NS(=O)(=O)c1ccccc1. The van der Waals surface area contributed by atoms with Gasteiger partial charge in [0.1, 0.15) is 12.1 Å². The molecule has 0 bridgehead atoms. The van der Waals surface area contributed by atoms with E-state index in [1.165, 1.54) is 12.1 Å². The van der Waals surface area contributed by atoms with E-state index in [0.29, 0.717) is 0 Å². The van der Waals surface area contributed by atoms with Crippen LogP contribution in [0.15, 0.2) is 65.6 Å². The first-order valence-corrected chi connectivity index (χ1v) is 11.8. The second-order valence-corrected chi connectivity index (χ2v) is 9.33. The largest absolute Gasteiger partial charge is 0.464 e. The zero-order valence-electron chi connectivity index (χ0n) is 18.1. The molecule has 2 aromatic carbocycles. The van der Waals surface area contributed by atoms with Crippen molar-refractivity contribution in [1.29, 1.82) is 0 Å². The molecule has 0 aliphatic carbocycles. The van der Waals surface area contributed by atoms with Gasteiger partial charge in [0, 0.05) is 6.42 Å². The fourth-order valence-corrected chi connectivity index (χ4v) is 4.32. The van der Waals surface area contributed by atoms with E-state index < -0.39 is 34.0 Å². The van der Waals surface area contributed by atoms with Crippen LogP contribution in [-0.2, 0) is 30.8 Å². The van der Waals surface area contributed by atoms with Crippen molar-refractivity contribution < 1.29 is 22.7 Å². The van der Waals surface area contributed by atoms with Gasteiger partial charge < -0.3 is 10.1 Å². The quantitative estimate of drug-likeness (QED) is 0.517. The zero-order valence-corrected chi connectivity index (χ0v) is 18.9. The van der Waals surface area contributed by atoms with Crippen molar-refractivity contribution in [2.45, 2.75) is 50.6 Å². The molecule has 0 saturated heterocycles. The predicted octanol–water partition coefficient (Wildman–Crippen LogP) is 2.67. The number of carbonyl (C=O) groups is 2. The summed E-state index contributed by atoms with van der Waals surface area (Å²) in [7, 11) is -3.90. The molecule has 2 N–H and O–H groups in total. The third kappa shape index (κ3) is 7.80. The van der Waals surface area contributed by atoms with Gasteiger partial charge in [-0.3, -0.25) is 4.79 Å². The van der Waals surface area contributed by atoms with E-state index in [9.17, 15) is 18.0 Å². The molecule has 0 aliphatic rings. The lowest BCUT2D eigenvalue weighted by molar-refractivity contribution is -0.147. The fraction of sp³-hybridized carbons (Fsp3) is 0.391. The van der Waals surface area contributed by atoms with E-state index in [-0.39, 0.29) is 30.3 Å². The summed E-state index contributed by atoms with van der Waals surface area (Å²) in [6.07, 6.45) is 0.518. The summed E-state index contributed by atoms with van der Waals surface area (Å²) in [6.45, 7) is 5.65. The summed E-state index contributed by atoms with van der Waals surface area (Å²) in [5, 5.41) is 2.69. The first-order valence-electron chi connectivity index (χ1n) is 10.3. The molecule has 0 spiro atoms. The van der Waals surface area contributed by atoms with Crippen molar-refractivity contribution in [2.75, 3.05) is 6.61 Å². The normalized spacial score (nSPS) is 13.4. The molecule has 0 saturated carbocycles. The van der Waals surface area contributed by atoms with Gasteiger partial charge in [-0.1, -0.05) is 62.4 Å². The Hall–Kier alpha value is -2.71. The van der Waals surface area contributed by atoms with Crippen LogP contribution in [0.2, 0.25) is 0 Å². The van der Waals surface area contributed by atoms with Crippen LogP contribution in [0.5, 0.6) is 0 Å². The predicted molar refractivity (Wildman–Crippen MR) is 119 cm³/mol. The highest BCUT2D eigenvalue weighted by Crippen LogP contribution is 2.13. The van der Waals surface area contributed by atoms with E-state index in [0.717, 1.165) is 5.56 Å². The Bertz CT molecular complexity index is 946. The number of hydrogen-bond donors (Lipinski definition) is 2. The lowest BCUT2D eigenvalue weighted by Gasteiger charge is -2.23. The Balaban J connectivity index is 2.22. The molecular weight excluding hydrogens is 416 g/mol. The number of esters is 1. The van der Waals surface area contributed by atoms with Gasteiger partial charge in [0.25, 0.3) is 0 Å². The Labute approximate surface area is 184 Å². The molecule has 1 amide bonds. The summed E-state index contributed by atoms with van der Waals surface area (Å²) >= 11 is 0. The lowest BCUT2D eigenvalue weighted by Crippen LogP contribution is -2.52. The Morgan fingerprint density at radius 1 is 0.935 bits per heavy atom. The van der Waals surface area contributed by atoms with Crippen LogP contribution >= 0.6 is 0 Å². The molecule has 2 aromatic rings. The van der Waals surface area contributed by atoms with Crippen molar-refractivity contribution in [2.24, 2.45) is 5.92 Å². The standard InChI is InChI=1S/C23H30N2O5S/c1-4-30-23(27)21(16-18-11-7-5-8-12-18)24-22(26)20(15-17(2)3)25-31(28,29)19-13-9-6-10-14-19/h5-14,17,20-21,25H,4,15-16H2,1-3H3,(H,24,26)/t20-,21-/m0/s1. The molecule has 31 heavy (non-hydrogen) atoms. The number of benzene rings is 2. The molecule has 0 unspecified atom stereocenters. The van der Waals surface area contributed by atoms with Gasteiger partial charge in [-0.05, 0) is 37.0 Å². The maximum absolute atomic E-state index is 13.1. The maximum Gasteiger partial charge on any atom is 0.328 e. The van der Waals surface area contributed by atoms with E-state index >= 15 is 0 Å². The lowest BCUT2D eigenvalue weighted by atomic mass is 10.0. The topological polar surface area (TPSA) is 102 Å². The maximum atomic E-state index is 13.1. The van der Waals surface area contributed by atoms with Gasteiger partial charge >= 0.3 is 5.97 Å². The summed E-state index contributed by atoms with van der Waals surface area (Å²) in [5.41, 5.74) is 0.853. The van der Waals surface area contributed by atoms with Crippen LogP contribution in [0.1, 0.15) is 32.8 Å². The number of hydrogen-bond acceptors (Lipinski definition) is 5. The number of rotatable bonds is 11. The van der Waals surface area contributed by atoms with Crippen LogP contribution < -0.4 is 10.0 Å². The highest BCUT2D eigenvalue weighted by atomic mass is 32.2. The fourth-order valence-electron chi connectivity index (χ4n) is 3.09. The number of sulfonamides is 1. The molecule has 8 heteroatoms. The molecule has 168 valence electrons. The van der Waals surface area contributed by atoms with Gasteiger partial charge in [0.15, 0.2) is 0 Å². The van der Waals surface area contributed by atoms with Gasteiger partial charge in [-0.15, -0.1) is 0 Å². The molecule has 2 rings (SSSR count). The van der Waals surface area contributed by atoms with Crippen LogP contribution in [0.25, 0.3) is 0 Å². The molecule has 0 aliphatic heterocycles. The van der Waals surface area contributed by atoms with Crippen LogP contribution in [0, 0.1) is 5.92 Å². The van der Waals surface area contributed by atoms with Gasteiger partial charge in [0.2, 0.25) is 15.9 Å². The average Bonchev–Trinajstić information content (AvgIpc) is 2.74. The number of nitrogens with one attached hydrogen (secondary N) is 2. The van der Waals surface area contributed by atoms with Crippen molar-refractivity contribution >= 4 is 21.9 Å². The first kappa shape index (κ1) is 24.6. The number of ether oxygens (including phenoxy) is 1. The average molecular weight is 447 g/mol. The van der Waals surface area contributed by atoms with E-state index in [1.807, 2.05) is 44.2 Å². The number of carbonyl (C=O) groups excluding carboxylic acids is 2. The summed E-state index contributed by atoms with van der Waals surface area (Å²) in [4.78, 5) is 25.6. The van der Waals surface area contributed by atoms with Crippen molar-refractivity contribution in [3.8, 4) is 0 Å². The number of amides is 1. The smallest absolute Gasteiger partial charge is 0.328 e. The van der Waals surface area contributed by atoms with E-state index in [2.05, 4.69) is 10.0 Å². The molecule has 0 fully saturated rings. The summed E-state index contributed by atoms with van der Waals surface area (Å²) < 4.78 is 33.1. The summed E-state index contributed by atoms with van der Waals surface area (Å²) in [6, 6.07) is 15.2. The van der Waals surface area contributed by atoms with Gasteiger partial charge in [-0.25, -0.2) is 13.2 Å². The van der Waals surface area contributed by atoms with Crippen LogP contribution in [0.3, 0.4) is 0 Å². The van der Waals surface area contributed by atoms with Gasteiger partial charge in [-0.2, -0.15) is 4.72 Å². The Kier molecular flexibility index (Phi) is 9.21. The molecule has 0 radical (unpaired) electrons. The van der Waals surface area contributed by atoms with Crippen LogP contribution in [0.4, 0.5) is 0 Å². The minimum absolute atomic E-state index is 0.0457.